The molecule has 2 aromatic heterocycles. The summed E-state index contributed by atoms with van der Waals surface area (Å²) in [6.07, 6.45) is 0.979. The molecule has 0 radical (unpaired) electrons. The predicted molar refractivity (Wildman–Crippen MR) is 101 cm³/mol. The van der Waals surface area contributed by atoms with E-state index in [1.54, 1.807) is 7.05 Å². The van der Waals surface area contributed by atoms with Gasteiger partial charge in [0.1, 0.15) is 0 Å². The Hall–Kier alpha value is -2.13. The highest BCUT2D eigenvalue weighted by molar-refractivity contribution is 5.74. The number of rotatable bonds is 3. The molecule has 0 saturated carbocycles. The zero-order chi connectivity index (χ0) is 18.4. The van der Waals surface area contributed by atoms with E-state index in [0.29, 0.717) is 11.2 Å². The first-order valence-corrected chi connectivity index (χ1v) is 9.29. The molecule has 0 bridgehead atoms. The molecule has 2 aliphatic rings. The lowest BCUT2D eigenvalue weighted by molar-refractivity contribution is 0.156. The number of fused-ring (bicyclic) bond motifs is 3. The third kappa shape index (κ3) is 2.75. The molecule has 0 N–H and O–H groups in total. The van der Waals surface area contributed by atoms with Crippen LogP contribution in [0.1, 0.15) is 6.42 Å². The molecule has 0 amide bonds. The summed E-state index contributed by atoms with van der Waals surface area (Å²) in [5.41, 5.74) is 0.429. The van der Waals surface area contributed by atoms with Crippen molar-refractivity contribution in [3.63, 3.8) is 0 Å². The fourth-order valence-corrected chi connectivity index (χ4v) is 3.95. The molecule has 9 nitrogen and oxygen atoms in total. The molecule has 4 heterocycles. The standard InChI is InChI=1S/C17H27N7O2/c1-19-7-9-22(10-8-19)11-12-23-5-4-6-24-13-14(18-16(23)24)20(2)17(26)21(3)15(13)25/h4-12H2,1-3H3. The smallest absolute Gasteiger partial charge is 0.332 e. The van der Waals surface area contributed by atoms with Crippen molar-refractivity contribution in [2.24, 2.45) is 14.1 Å². The number of imidazole rings is 1. The van der Waals surface area contributed by atoms with Crippen molar-refractivity contribution in [2.75, 3.05) is 57.8 Å². The second kappa shape index (κ2) is 6.55. The maximum absolute atomic E-state index is 12.6. The molecular weight excluding hydrogens is 334 g/mol. The summed E-state index contributed by atoms with van der Waals surface area (Å²) in [6, 6.07) is 0. The Labute approximate surface area is 152 Å². The fraction of sp³-hybridized carbons (Fsp3) is 0.706. The Balaban J connectivity index is 1.64. The average molecular weight is 361 g/mol. The Bertz CT molecular complexity index is 933. The van der Waals surface area contributed by atoms with Crippen molar-refractivity contribution in [3.8, 4) is 0 Å². The van der Waals surface area contributed by atoms with Gasteiger partial charge < -0.3 is 14.4 Å². The number of anilines is 1. The molecule has 142 valence electrons. The maximum atomic E-state index is 12.6. The zero-order valence-electron chi connectivity index (χ0n) is 15.8. The summed E-state index contributed by atoms with van der Waals surface area (Å²) in [7, 11) is 5.37. The quantitative estimate of drug-likeness (QED) is 0.691. The van der Waals surface area contributed by atoms with Crippen LogP contribution in [0.15, 0.2) is 9.59 Å². The molecule has 2 aliphatic heterocycles. The minimum absolute atomic E-state index is 0.261. The summed E-state index contributed by atoms with van der Waals surface area (Å²) in [5, 5.41) is 0. The second-order valence-electron chi connectivity index (χ2n) is 7.43. The van der Waals surface area contributed by atoms with Crippen molar-refractivity contribution in [3.05, 3.63) is 20.8 Å². The van der Waals surface area contributed by atoms with Gasteiger partial charge in [0.2, 0.25) is 5.95 Å². The fourth-order valence-electron chi connectivity index (χ4n) is 3.95. The van der Waals surface area contributed by atoms with Crippen LogP contribution in [-0.2, 0) is 20.6 Å². The van der Waals surface area contributed by atoms with E-state index in [0.717, 1.165) is 64.7 Å². The van der Waals surface area contributed by atoms with Crippen LogP contribution in [0.5, 0.6) is 0 Å². The SMILES string of the molecule is CN1CCN(CCN2CCCn3c2nc2c3c(=O)n(C)c(=O)n2C)CC1. The van der Waals surface area contributed by atoms with E-state index >= 15 is 0 Å². The summed E-state index contributed by atoms with van der Waals surface area (Å²) >= 11 is 0. The second-order valence-corrected chi connectivity index (χ2v) is 7.43. The summed E-state index contributed by atoms with van der Waals surface area (Å²) < 4.78 is 4.63. The first-order chi connectivity index (χ1) is 12.5. The van der Waals surface area contributed by atoms with Crippen molar-refractivity contribution in [1.82, 2.24) is 28.5 Å². The van der Waals surface area contributed by atoms with Gasteiger partial charge in [-0.15, -0.1) is 0 Å². The molecule has 1 fully saturated rings. The molecule has 0 unspecified atom stereocenters. The van der Waals surface area contributed by atoms with Crippen LogP contribution in [0.2, 0.25) is 0 Å². The van der Waals surface area contributed by atoms with Gasteiger partial charge in [-0.2, -0.15) is 4.98 Å². The Morgan fingerprint density at radius 2 is 1.62 bits per heavy atom. The van der Waals surface area contributed by atoms with Crippen LogP contribution in [0, 0.1) is 0 Å². The van der Waals surface area contributed by atoms with Gasteiger partial charge in [0.15, 0.2) is 11.2 Å². The molecular formula is C17H27N7O2. The lowest BCUT2D eigenvalue weighted by atomic mass is 10.3. The lowest BCUT2D eigenvalue weighted by Crippen LogP contribution is -2.47. The third-order valence-corrected chi connectivity index (χ3v) is 5.70. The number of likely N-dealkylation sites (N-methyl/N-ethyl adjacent to an activating group) is 1. The molecule has 0 aliphatic carbocycles. The van der Waals surface area contributed by atoms with Crippen molar-refractivity contribution in [2.45, 2.75) is 13.0 Å². The van der Waals surface area contributed by atoms with Gasteiger partial charge in [0.05, 0.1) is 0 Å². The normalized spacial score (nSPS) is 19.3. The summed E-state index contributed by atoms with van der Waals surface area (Å²) in [4.78, 5) is 36.6. The Morgan fingerprint density at radius 1 is 0.885 bits per heavy atom. The molecule has 2 aromatic rings. The number of nitrogens with zero attached hydrogens (tertiary/aromatic N) is 7. The van der Waals surface area contributed by atoms with Gasteiger partial charge in [-0.3, -0.25) is 18.8 Å². The largest absolute Gasteiger partial charge is 0.341 e. The van der Waals surface area contributed by atoms with E-state index in [1.165, 1.54) is 16.2 Å². The number of hydrogen-bond acceptors (Lipinski definition) is 6. The molecule has 0 spiro atoms. The monoisotopic (exact) mass is 361 g/mol. The predicted octanol–water partition coefficient (Wildman–Crippen LogP) is -1.11. The van der Waals surface area contributed by atoms with Gasteiger partial charge in [0, 0.05) is 66.5 Å². The van der Waals surface area contributed by atoms with E-state index in [4.69, 9.17) is 0 Å². The minimum atomic E-state index is -0.332. The summed E-state index contributed by atoms with van der Waals surface area (Å²) in [6.45, 7) is 7.99. The maximum Gasteiger partial charge on any atom is 0.332 e. The van der Waals surface area contributed by atoms with Crippen LogP contribution < -0.4 is 16.1 Å². The highest BCUT2D eigenvalue weighted by Crippen LogP contribution is 2.24. The first kappa shape index (κ1) is 17.3. The van der Waals surface area contributed by atoms with Crippen LogP contribution in [-0.4, -0.2) is 81.3 Å². The van der Waals surface area contributed by atoms with Gasteiger partial charge in [-0.05, 0) is 13.5 Å². The summed E-state index contributed by atoms with van der Waals surface area (Å²) in [5.74, 6) is 0.818. The van der Waals surface area contributed by atoms with Gasteiger partial charge >= 0.3 is 5.69 Å². The average Bonchev–Trinajstić information content (AvgIpc) is 3.04. The van der Waals surface area contributed by atoms with Crippen LogP contribution in [0.3, 0.4) is 0 Å². The zero-order valence-corrected chi connectivity index (χ0v) is 15.8. The van der Waals surface area contributed by atoms with Crippen molar-refractivity contribution in [1.29, 1.82) is 0 Å². The molecule has 26 heavy (non-hydrogen) atoms. The Morgan fingerprint density at radius 3 is 2.35 bits per heavy atom. The molecule has 4 rings (SSSR count). The van der Waals surface area contributed by atoms with Gasteiger partial charge in [-0.1, -0.05) is 0 Å². The van der Waals surface area contributed by atoms with Crippen LogP contribution >= 0.6 is 0 Å². The highest BCUT2D eigenvalue weighted by atomic mass is 16.2. The van der Waals surface area contributed by atoms with E-state index < -0.39 is 0 Å². The van der Waals surface area contributed by atoms with Crippen molar-refractivity contribution < 1.29 is 0 Å². The lowest BCUT2D eigenvalue weighted by Gasteiger charge is -2.35. The topological polar surface area (TPSA) is 71.5 Å². The van der Waals surface area contributed by atoms with Gasteiger partial charge in [0.25, 0.3) is 5.56 Å². The van der Waals surface area contributed by atoms with Crippen LogP contribution in [0.4, 0.5) is 5.95 Å². The van der Waals surface area contributed by atoms with Gasteiger partial charge in [-0.25, -0.2) is 4.79 Å². The number of aromatic nitrogens is 4. The first-order valence-electron chi connectivity index (χ1n) is 9.29. The van der Waals surface area contributed by atoms with E-state index in [9.17, 15) is 9.59 Å². The molecule has 0 aromatic carbocycles. The highest BCUT2D eigenvalue weighted by Gasteiger charge is 2.26. The number of hydrogen-bond donors (Lipinski definition) is 0. The van der Waals surface area contributed by atoms with E-state index in [2.05, 4.69) is 26.7 Å². The molecule has 0 atom stereocenters. The minimum Gasteiger partial charge on any atom is -0.341 e. The van der Waals surface area contributed by atoms with E-state index in [1.807, 2.05) is 4.57 Å². The molecule has 9 heteroatoms. The number of aryl methyl sites for hydroxylation is 2. The number of piperazine rings is 1. The third-order valence-electron chi connectivity index (χ3n) is 5.70. The van der Waals surface area contributed by atoms with Crippen molar-refractivity contribution >= 4 is 17.1 Å². The Kier molecular flexibility index (Phi) is 4.36. The van der Waals surface area contributed by atoms with E-state index in [-0.39, 0.29) is 11.2 Å². The molecule has 1 saturated heterocycles. The van der Waals surface area contributed by atoms with Crippen LogP contribution in [0.25, 0.3) is 11.2 Å².